The van der Waals surface area contributed by atoms with Crippen molar-refractivity contribution >= 4 is 5.69 Å². The van der Waals surface area contributed by atoms with Crippen LogP contribution in [0.3, 0.4) is 0 Å². The van der Waals surface area contributed by atoms with Crippen LogP contribution in [0.25, 0.3) is 0 Å². The lowest BCUT2D eigenvalue weighted by Gasteiger charge is -2.25. The van der Waals surface area contributed by atoms with Crippen molar-refractivity contribution in [3.05, 3.63) is 29.8 Å². The van der Waals surface area contributed by atoms with E-state index in [1.165, 1.54) is 11.3 Å². The lowest BCUT2D eigenvalue weighted by atomic mass is 10.0. The highest BCUT2D eigenvalue weighted by Gasteiger charge is 2.23. The second-order valence-electron chi connectivity index (χ2n) is 4.70. The minimum Gasteiger partial charge on any atom is -0.391 e. The van der Waals surface area contributed by atoms with E-state index in [0.29, 0.717) is 6.04 Å². The summed E-state index contributed by atoms with van der Waals surface area (Å²) in [6, 6.07) is 8.90. The minimum atomic E-state index is -0.169. The Morgan fingerprint density at radius 3 is 2.82 bits per heavy atom. The Balaban J connectivity index is 2.27. The predicted octanol–water partition coefficient (Wildman–Crippen LogP) is 1.93. The predicted molar refractivity (Wildman–Crippen MR) is 71.4 cm³/mol. The standard InChI is InChI=1S/C14H22N2O/c1-3-13(15-2)12-6-4-5-7-14(12)16-9-8-11(17)10-16/h4-7,11,13,15,17H,3,8-10H2,1-2H3. The third kappa shape index (κ3) is 2.61. The van der Waals surface area contributed by atoms with E-state index in [2.05, 4.69) is 41.4 Å². The van der Waals surface area contributed by atoms with Gasteiger partial charge in [-0.1, -0.05) is 25.1 Å². The molecule has 0 amide bonds. The fraction of sp³-hybridized carbons (Fsp3) is 0.571. The van der Waals surface area contributed by atoms with Gasteiger partial charge in [0.15, 0.2) is 0 Å². The van der Waals surface area contributed by atoms with Crippen LogP contribution in [0.2, 0.25) is 0 Å². The Morgan fingerprint density at radius 2 is 2.24 bits per heavy atom. The van der Waals surface area contributed by atoms with Crippen molar-refractivity contribution in [3.63, 3.8) is 0 Å². The van der Waals surface area contributed by atoms with Gasteiger partial charge in [0.2, 0.25) is 0 Å². The zero-order chi connectivity index (χ0) is 12.3. The average Bonchev–Trinajstić information content (AvgIpc) is 2.78. The maximum atomic E-state index is 9.65. The van der Waals surface area contributed by atoms with Crippen LogP contribution < -0.4 is 10.2 Å². The van der Waals surface area contributed by atoms with Gasteiger partial charge in [-0.15, -0.1) is 0 Å². The molecular weight excluding hydrogens is 212 g/mol. The lowest BCUT2D eigenvalue weighted by molar-refractivity contribution is 0.198. The number of nitrogens with zero attached hydrogens (tertiary/aromatic N) is 1. The van der Waals surface area contributed by atoms with Crippen molar-refractivity contribution < 1.29 is 5.11 Å². The molecule has 1 aliphatic heterocycles. The first-order valence-electron chi connectivity index (χ1n) is 6.45. The molecule has 3 nitrogen and oxygen atoms in total. The molecule has 2 unspecified atom stereocenters. The van der Waals surface area contributed by atoms with Crippen molar-refractivity contribution in [2.45, 2.75) is 31.9 Å². The van der Waals surface area contributed by atoms with Crippen LogP contribution in [0, 0.1) is 0 Å². The van der Waals surface area contributed by atoms with E-state index in [9.17, 15) is 5.11 Å². The van der Waals surface area contributed by atoms with E-state index in [1.54, 1.807) is 0 Å². The fourth-order valence-electron chi connectivity index (χ4n) is 2.61. The Labute approximate surface area is 103 Å². The van der Waals surface area contributed by atoms with Crippen LogP contribution in [0.4, 0.5) is 5.69 Å². The first-order valence-corrected chi connectivity index (χ1v) is 6.45. The van der Waals surface area contributed by atoms with Gasteiger partial charge in [0.25, 0.3) is 0 Å². The number of aliphatic hydroxyl groups is 1. The third-order valence-electron chi connectivity index (χ3n) is 3.57. The zero-order valence-electron chi connectivity index (χ0n) is 10.7. The van der Waals surface area contributed by atoms with Crippen LogP contribution in [-0.2, 0) is 0 Å². The van der Waals surface area contributed by atoms with E-state index < -0.39 is 0 Å². The minimum absolute atomic E-state index is 0.169. The quantitative estimate of drug-likeness (QED) is 0.835. The molecule has 2 atom stereocenters. The van der Waals surface area contributed by atoms with Gasteiger partial charge in [-0.3, -0.25) is 0 Å². The maximum Gasteiger partial charge on any atom is 0.0731 e. The van der Waals surface area contributed by atoms with Gasteiger partial charge >= 0.3 is 0 Å². The molecule has 1 aliphatic rings. The Bertz CT molecular complexity index is 363. The molecule has 1 saturated heterocycles. The molecule has 17 heavy (non-hydrogen) atoms. The number of hydrogen-bond acceptors (Lipinski definition) is 3. The molecule has 2 N–H and O–H groups in total. The van der Waals surface area contributed by atoms with Gasteiger partial charge in [-0.25, -0.2) is 0 Å². The largest absolute Gasteiger partial charge is 0.391 e. The van der Waals surface area contributed by atoms with Crippen LogP contribution in [0.1, 0.15) is 31.4 Å². The van der Waals surface area contributed by atoms with E-state index in [-0.39, 0.29) is 6.10 Å². The summed E-state index contributed by atoms with van der Waals surface area (Å²) in [6.07, 6.45) is 1.78. The lowest BCUT2D eigenvalue weighted by Crippen LogP contribution is -2.25. The zero-order valence-corrected chi connectivity index (χ0v) is 10.7. The molecule has 2 rings (SSSR count). The summed E-state index contributed by atoms with van der Waals surface area (Å²) in [7, 11) is 2.00. The number of hydrogen-bond donors (Lipinski definition) is 2. The highest BCUT2D eigenvalue weighted by atomic mass is 16.3. The van der Waals surface area contributed by atoms with E-state index in [4.69, 9.17) is 0 Å². The Morgan fingerprint density at radius 1 is 1.47 bits per heavy atom. The SMILES string of the molecule is CCC(NC)c1ccccc1N1CCC(O)C1. The molecule has 0 aliphatic carbocycles. The molecule has 0 aromatic heterocycles. The summed E-state index contributed by atoms with van der Waals surface area (Å²) < 4.78 is 0. The number of benzene rings is 1. The Hall–Kier alpha value is -1.06. The third-order valence-corrected chi connectivity index (χ3v) is 3.57. The molecular formula is C14H22N2O. The van der Waals surface area contributed by atoms with Gasteiger partial charge < -0.3 is 15.3 Å². The van der Waals surface area contributed by atoms with Crippen molar-refractivity contribution in [2.75, 3.05) is 25.0 Å². The number of rotatable bonds is 4. The van der Waals surface area contributed by atoms with Crippen molar-refractivity contribution in [2.24, 2.45) is 0 Å². The molecule has 1 heterocycles. The molecule has 1 fully saturated rings. The van der Waals surface area contributed by atoms with Gasteiger partial charge in [0, 0.05) is 24.8 Å². The maximum absolute atomic E-state index is 9.65. The normalized spacial score (nSPS) is 21.8. The van der Waals surface area contributed by atoms with Gasteiger partial charge in [0.1, 0.15) is 0 Å². The van der Waals surface area contributed by atoms with Gasteiger partial charge in [-0.05, 0) is 31.5 Å². The molecule has 0 saturated carbocycles. The van der Waals surface area contributed by atoms with Crippen LogP contribution in [-0.4, -0.2) is 31.3 Å². The highest BCUT2D eigenvalue weighted by molar-refractivity contribution is 5.55. The summed E-state index contributed by atoms with van der Waals surface area (Å²) in [6.45, 7) is 3.91. The summed E-state index contributed by atoms with van der Waals surface area (Å²) >= 11 is 0. The van der Waals surface area contributed by atoms with E-state index >= 15 is 0 Å². The van der Waals surface area contributed by atoms with Crippen LogP contribution >= 0.6 is 0 Å². The number of nitrogens with one attached hydrogen (secondary N) is 1. The number of β-amino-alcohol motifs (C(OH)–C–C–N with tert-alkyl or cyclic N) is 1. The van der Waals surface area contributed by atoms with Crippen molar-refractivity contribution in [1.29, 1.82) is 0 Å². The van der Waals surface area contributed by atoms with E-state index in [0.717, 1.165) is 25.9 Å². The summed E-state index contributed by atoms with van der Waals surface area (Å²) in [4.78, 5) is 2.29. The van der Waals surface area contributed by atoms with Crippen molar-refractivity contribution in [3.8, 4) is 0 Å². The first-order chi connectivity index (χ1) is 8.26. The van der Waals surface area contributed by atoms with Crippen LogP contribution in [0.15, 0.2) is 24.3 Å². The van der Waals surface area contributed by atoms with Crippen molar-refractivity contribution in [1.82, 2.24) is 5.32 Å². The summed E-state index contributed by atoms with van der Waals surface area (Å²) in [5.41, 5.74) is 2.61. The van der Waals surface area contributed by atoms with Gasteiger partial charge in [-0.2, -0.15) is 0 Å². The van der Waals surface area contributed by atoms with Gasteiger partial charge in [0.05, 0.1) is 6.10 Å². The summed E-state index contributed by atoms with van der Waals surface area (Å²) in [5.74, 6) is 0. The molecule has 94 valence electrons. The average molecular weight is 234 g/mol. The molecule has 1 aromatic carbocycles. The molecule has 0 spiro atoms. The van der Waals surface area contributed by atoms with E-state index in [1.807, 2.05) is 7.05 Å². The van der Waals surface area contributed by atoms with Crippen LogP contribution in [0.5, 0.6) is 0 Å². The number of anilines is 1. The smallest absolute Gasteiger partial charge is 0.0731 e. The fourth-order valence-corrected chi connectivity index (χ4v) is 2.61. The monoisotopic (exact) mass is 234 g/mol. The topological polar surface area (TPSA) is 35.5 Å². The number of para-hydroxylation sites is 1. The first kappa shape index (κ1) is 12.4. The Kier molecular flexibility index (Phi) is 4.02. The molecule has 0 radical (unpaired) electrons. The molecule has 0 bridgehead atoms. The molecule has 1 aromatic rings. The molecule has 3 heteroatoms. The summed E-state index contributed by atoms with van der Waals surface area (Å²) in [5, 5.41) is 13.0. The second-order valence-corrected chi connectivity index (χ2v) is 4.70. The number of aliphatic hydroxyl groups excluding tert-OH is 1. The highest BCUT2D eigenvalue weighted by Crippen LogP contribution is 2.30. The second kappa shape index (κ2) is 5.52.